The third-order valence-electron chi connectivity index (χ3n) is 4.93. The molecule has 0 amide bonds. The fourth-order valence-electron chi connectivity index (χ4n) is 3.67. The molecule has 0 bridgehead atoms. The van der Waals surface area contributed by atoms with Gasteiger partial charge in [0.25, 0.3) is 0 Å². The number of piperidine rings is 1. The van der Waals surface area contributed by atoms with Crippen LogP contribution >= 0.6 is 0 Å². The molecule has 0 spiro atoms. The Balaban J connectivity index is 1.83. The van der Waals surface area contributed by atoms with Crippen LogP contribution in [0.4, 0.5) is 5.69 Å². The molecule has 6 nitrogen and oxygen atoms in total. The molecule has 0 aliphatic carbocycles. The summed E-state index contributed by atoms with van der Waals surface area (Å²) < 4.78 is 7.08. The summed E-state index contributed by atoms with van der Waals surface area (Å²) in [5, 5.41) is 9.33. The quantitative estimate of drug-likeness (QED) is 0.785. The van der Waals surface area contributed by atoms with Crippen LogP contribution in [0.3, 0.4) is 0 Å². The van der Waals surface area contributed by atoms with E-state index in [1.54, 1.807) is 16.7 Å². The number of fused-ring (bicyclic) bond motifs is 1. The summed E-state index contributed by atoms with van der Waals surface area (Å²) >= 11 is 0. The monoisotopic (exact) mass is 348 g/mol. The number of para-hydroxylation sites is 1. The third kappa shape index (κ3) is 2.87. The molecule has 4 rings (SSSR count). The summed E-state index contributed by atoms with van der Waals surface area (Å²) in [7, 11) is 0. The van der Waals surface area contributed by atoms with Crippen molar-refractivity contribution in [3.05, 3.63) is 64.1 Å². The Kier molecular flexibility index (Phi) is 4.23. The molecule has 1 aliphatic rings. The largest absolute Gasteiger partial charge is 0.420 e. The van der Waals surface area contributed by atoms with E-state index in [4.69, 9.17) is 10.2 Å². The van der Waals surface area contributed by atoms with Gasteiger partial charge in [0, 0.05) is 19.1 Å². The lowest BCUT2D eigenvalue weighted by Crippen LogP contribution is -2.43. The van der Waals surface area contributed by atoms with Crippen molar-refractivity contribution in [1.29, 1.82) is 5.26 Å². The van der Waals surface area contributed by atoms with Gasteiger partial charge in [0.15, 0.2) is 5.58 Å². The summed E-state index contributed by atoms with van der Waals surface area (Å²) in [6, 6.07) is 15.3. The van der Waals surface area contributed by atoms with Crippen molar-refractivity contribution in [1.82, 2.24) is 4.57 Å². The highest BCUT2D eigenvalue weighted by Crippen LogP contribution is 2.29. The van der Waals surface area contributed by atoms with Gasteiger partial charge in [-0.2, -0.15) is 5.26 Å². The fraction of sp³-hybridized carbons (Fsp3) is 0.300. The van der Waals surface area contributed by atoms with Crippen molar-refractivity contribution in [2.75, 3.05) is 18.0 Å². The number of rotatable bonds is 3. The number of hydrogen-bond acceptors (Lipinski definition) is 5. The molecule has 2 heterocycles. The van der Waals surface area contributed by atoms with Crippen LogP contribution in [0, 0.1) is 11.3 Å². The maximum absolute atomic E-state index is 12.5. The van der Waals surface area contributed by atoms with Crippen molar-refractivity contribution < 1.29 is 4.42 Å². The first-order valence-electron chi connectivity index (χ1n) is 8.78. The summed E-state index contributed by atoms with van der Waals surface area (Å²) in [6.07, 6.45) is 2.04. The van der Waals surface area contributed by atoms with E-state index in [0.29, 0.717) is 17.7 Å². The van der Waals surface area contributed by atoms with Crippen LogP contribution in [0.15, 0.2) is 51.7 Å². The molecule has 3 aromatic rings. The standard InChI is InChI=1S/C20H20N4O2/c21-11-14-5-1-2-6-15(14)12-24-19-17(23-10-4-7-16(22)13-23)8-3-9-18(19)26-20(24)25/h1-3,5-6,8-9,16H,4,7,10,12-13,22H2/t16-/m1/s1. The zero-order valence-electron chi connectivity index (χ0n) is 14.4. The van der Waals surface area contributed by atoms with Crippen LogP contribution in [-0.2, 0) is 6.54 Å². The molecule has 0 unspecified atom stereocenters. The summed E-state index contributed by atoms with van der Waals surface area (Å²) in [6.45, 7) is 1.96. The number of oxazole rings is 1. The highest BCUT2D eigenvalue weighted by Gasteiger charge is 2.22. The van der Waals surface area contributed by atoms with E-state index < -0.39 is 5.76 Å². The number of nitriles is 1. The van der Waals surface area contributed by atoms with E-state index in [0.717, 1.165) is 42.7 Å². The maximum Gasteiger partial charge on any atom is 0.420 e. The highest BCUT2D eigenvalue weighted by atomic mass is 16.4. The molecule has 1 saturated heterocycles. The molecule has 1 fully saturated rings. The Hall–Kier alpha value is -3.04. The molecular formula is C20H20N4O2. The second-order valence-corrected chi connectivity index (χ2v) is 6.70. The summed E-state index contributed by atoms with van der Waals surface area (Å²) in [4.78, 5) is 14.7. The molecule has 0 saturated carbocycles. The van der Waals surface area contributed by atoms with Crippen LogP contribution < -0.4 is 16.4 Å². The van der Waals surface area contributed by atoms with Gasteiger partial charge < -0.3 is 15.1 Å². The Labute approximate surface area is 151 Å². The van der Waals surface area contributed by atoms with E-state index in [1.807, 2.05) is 30.3 Å². The Morgan fingerprint density at radius 1 is 1.23 bits per heavy atom. The zero-order chi connectivity index (χ0) is 18.1. The number of benzene rings is 2. The molecule has 2 aromatic carbocycles. The Morgan fingerprint density at radius 3 is 2.88 bits per heavy atom. The van der Waals surface area contributed by atoms with Crippen LogP contribution in [0.2, 0.25) is 0 Å². The van der Waals surface area contributed by atoms with E-state index in [-0.39, 0.29) is 6.04 Å². The van der Waals surface area contributed by atoms with Crippen molar-refractivity contribution in [3.63, 3.8) is 0 Å². The van der Waals surface area contributed by atoms with Crippen LogP contribution in [0.5, 0.6) is 0 Å². The molecular weight excluding hydrogens is 328 g/mol. The second-order valence-electron chi connectivity index (χ2n) is 6.70. The minimum Gasteiger partial charge on any atom is -0.408 e. The van der Waals surface area contributed by atoms with Crippen LogP contribution in [0.1, 0.15) is 24.0 Å². The van der Waals surface area contributed by atoms with Crippen LogP contribution in [0.25, 0.3) is 11.1 Å². The molecule has 1 aromatic heterocycles. The molecule has 1 atom stereocenters. The van der Waals surface area contributed by atoms with E-state index >= 15 is 0 Å². The van der Waals surface area contributed by atoms with Gasteiger partial charge in [-0.15, -0.1) is 0 Å². The first kappa shape index (κ1) is 16.4. The molecule has 6 heteroatoms. The SMILES string of the molecule is N#Cc1ccccc1Cn1c(=O)oc2cccc(N3CCC[C@@H](N)C3)c21. The zero-order valence-corrected chi connectivity index (χ0v) is 14.4. The second kappa shape index (κ2) is 6.70. The lowest BCUT2D eigenvalue weighted by Gasteiger charge is -2.33. The Bertz CT molecular complexity index is 1040. The minimum absolute atomic E-state index is 0.130. The number of nitrogens with zero attached hydrogens (tertiary/aromatic N) is 3. The van der Waals surface area contributed by atoms with Gasteiger partial charge >= 0.3 is 5.76 Å². The van der Waals surface area contributed by atoms with Crippen molar-refractivity contribution >= 4 is 16.8 Å². The third-order valence-corrected chi connectivity index (χ3v) is 4.93. The predicted molar refractivity (Wildman–Crippen MR) is 100 cm³/mol. The Morgan fingerprint density at radius 2 is 2.08 bits per heavy atom. The van der Waals surface area contributed by atoms with Gasteiger partial charge in [0.05, 0.1) is 23.9 Å². The van der Waals surface area contributed by atoms with Gasteiger partial charge in [-0.25, -0.2) is 4.79 Å². The van der Waals surface area contributed by atoms with Gasteiger partial charge in [-0.05, 0) is 36.6 Å². The normalized spacial score (nSPS) is 17.4. The van der Waals surface area contributed by atoms with Gasteiger partial charge in [-0.3, -0.25) is 4.57 Å². The number of aromatic nitrogens is 1. The summed E-state index contributed by atoms with van der Waals surface area (Å²) in [5.41, 5.74) is 9.78. The number of hydrogen-bond donors (Lipinski definition) is 1. The average molecular weight is 348 g/mol. The molecule has 26 heavy (non-hydrogen) atoms. The van der Waals surface area contributed by atoms with Crippen LogP contribution in [-0.4, -0.2) is 23.7 Å². The van der Waals surface area contributed by atoms with Crippen molar-refractivity contribution in [2.45, 2.75) is 25.4 Å². The van der Waals surface area contributed by atoms with Crippen molar-refractivity contribution in [3.8, 4) is 6.07 Å². The molecule has 1 aliphatic heterocycles. The summed E-state index contributed by atoms with van der Waals surface area (Å²) in [5.74, 6) is -0.415. The van der Waals surface area contributed by atoms with Crippen molar-refractivity contribution in [2.24, 2.45) is 5.73 Å². The maximum atomic E-state index is 12.5. The van der Waals surface area contributed by atoms with Gasteiger partial charge in [0.2, 0.25) is 0 Å². The average Bonchev–Trinajstić information content (AvgIpc) is 2.97. The van der Waals surface area contributed by atoms with Gasteiger partial charge in [-0.1, -0.05) is 24.3 Å². The van der Waals surface area contributed by atoms with E-state index in [2.05, 4.69) is 11.0 Å². The number of nitrogens with two attached hydrogens (primary N) is 1. The van der Waals surface area contributed by atoms with E-state index in [1.165, 1.54) is 0 Å². The first-order valence-corrected chi connectivity index (χ1v) is 8.78. The number of anilines is 1. The minimum atomic E-state index is -0.415. The lowest BCUT2D eigenvalue weighted by molar-refractivity contribution is 0.506. The molecule has 0 radical (unpaired) electrons. The molecule has 132 valence electrons. The lowest BCUT2D eigenvalue weighted by atomic mass is 10.1. The molecule has 2 N–H and O–H groups in total. The highest BCUT2D eigenvalue weighted by molar-refractivity contribution is 5.88. The fourth-order valence-corrected chi connectivity index (χ4v) is 3.67. The topological polar surface area (TPSA) is 88.2 Å². The van der Waals surface area contributed by atoms with Gasteiger partial charge in [0.1, 0.15) is 5.52 Å². The van der Waals surface area contributed by atoms with E-state index in [9.17, 15) is 10.1 Å². The predicted octanol–water partition coefficient (Wildman–Crippen LogP) is 2.44. The first-order chi connectivity index (χ1) is 12.7. The smallest absolute Gasteiger partial charge is 0.408 e.